The van der Waals surface area contributed by atoms with Crippen molar-refractivity contribution < 1.29 is 4.74 Å². The van der Waals surface area contributed by atoms with E-state index in [1.807, 2.05) is 0 Å². The minimum atomic E-state index is 0.276. The van der Waals surface area contributed by atoms with Gasteiger partial charge >= 0.3 is 0 Å². The van der Waals surface area contributed by atoms with Gasteiger partial charge in [-0.25, -0.2) is 0 Å². The van der Waals surface area contributed by atoms with Crippen LogP contribution in [-0.4, -0.2) is 35.8 Å². The van der Waals surface area contributed by atoms with Crippen molar-refractivity contribution in [2.45, 2.75) is 69.1 Å². The average Bonchev–Trinajstić information content (AvgIpc) is 2.79. The third kappa shape index (κ3) is 2.99. The van der Waals surface area contributed by atoms with E-state index in [4.69, 9.17) is 4.74 Å². The summed E-state index contributed by atoms with van der Waals surface area (Å²) in [6.45, 7) is 0.984. The summed E-state index contributed by atoms with van der Waals surface area (Å²) in [4.78, 5) is 0. The molecule has 3 fully saturated rings. The number of hydrogen-bond donors (Lipinski definition) is 1. The van der Waals surface area contributed by atoms with Crippen LogP contribution in [0, 0.1) is 0 Å². The molecule has 17 heavy (non-hydrogen) atoms. The van der Waals surface area contributed by atoms with E-state index >= 15 is 0 Å². The maximum Gasteiger partial charge on any atom is 0.0697 e. The first-order valence-electron chi connectivity index (χ1n) is 7.34. The molecule has 0 amide bonds. The fourth-order valence-electron chi connectivity index (χ4n) is 3.74. The van der Waals surface area contributed by atoms with Crippen LogP contribution < -0.4 is 5.32 Å². The molecule has 3 aliphatic rings. The maximum absolute atomic E-state index is 6.10. The van der Waals surface area contributed by atoms with Crippen molar-refractivity contribution in [3.05, 3.63) is 0 Å². The van der Waals surface area contributed by atoms with E-state index in [0.717, 1.165) is 18.7 Å². The zero-order valence-corrected chi connectivity index (χ0v) is 11.6. The Morgan fingerprint density at radius 3 is 2.71 bits per heavy atom. The van der Waals surface area contributed by atoms with E-state index in [2.05, 4.69) is 17.1 Å². The van der Waals surface area contributed by atoms with E-state index in [1.54, 1.807) is 0 Å². The summed E-state index contributed by atoms with van der Waals surface area (Å²) in [5.41, 5.74) is 0.276. The number of ether oxygens (including phenoxy) is 1. The van der Waals surface area contributed by atoms with Crippen LogP contribution in [0.4, 0.5) is 0 Å². The van der Waals surface area contributed by atoms with Gasteiger partial charge in [0.1, 0.15) is 0 Å². The first-order valence-corrected chi connectivity index (χ1v) is 8.50. The minimum Gasteiger partial charge on any atom is -0.375 e. The SMILES string of the molecule is C1CSCC(NC2CCOC3(CCCC3)C2)C1. The van der Waals surface area contributed by atoms with Crippen molar-refractivity contribution in [1.82, 2.24) is 5.32 Å². The first kappa shape index (κ1) is 12.3. The molecule has 2 heterocycles. The maximum atomic E-state index is 6.10. The Morgan fingerprint density at radius 1 is 1.06 bits per heavy atom. The largest absolute Gasteiger partial charge is 0.375 e. The molecule has 1 saturated carbocycles. The Hall–Kier alpha value is 0.270. The minimum absolute atomic E-state index is 0.276. The zero-order valence-electron chi connectivity index (χ0n) is 10.7. The van der Waals surface area contributed by atoms with Crippen molar-refractivity contribution >= 4 is 11.8 Å². The van der Waals surface area contributed by atoms with E-state index in [0.29, 0.717) is 0 Å². The average molecular weight is 255 g/mol. The van der Waals surface area contributed by atoms with Crippen LogP contribution in [-0.2, 0) is 4.74 Å². The summed E-state index contributed by atoms with van der Waals surface area (Å²) in [6, 6.07) is 1.50. The second-order valence-corrected chi connectivity index (χ2v) is 7.16. The number of thioether (sulfide) groups is 1. The predicted molar refractivity (Wildman–Crippen MR) is 73.7 cm³/mol. The van der Waals surface area contributed by atoms with Gasteiger partial charge in [-0.2, -0.15) is 11.8 Å². The molecule has 0 radical (unpaired) electrons. The molecule has 0 aromatic heterocycles. The molecule has 1 N–H and O–H groups in total. The van der Waals surface area contributed by atoms with Crippen LogP contribution in [0.5, 0.6) is 0 Å². The van der Waals surface area contributed by atoms with Gasteiger partial charge in [0.2, 0.25) is 0 Å². The molecule has 1 aliphatic carbocycles. The van der Waals surface area contributed by atoms with E-state index in [9.17, 15) is 0 Å². The third-order valence-corrected chi connectivity index (χ3v) is 5.85. The lowest BCUT2D eigenvalue weighted by Gasteiger charge is -2.40. The van der Waals surface area contributed by atoms with Crippen LogP contribution in [0.15, 0.2) is 0 Å². The first-order chi connectivity index (χ1) is 8.36. The normalized spacial score (nSPS) is 37.4. The summed E-state index contributed by atoms with van der Waals surface area (Å²) < 4.78 is 6.10. The summed E-state index contributed by atoms with van der Waals surface area (Å²) in [7, 11) is 0. The van der Waals surface area contributed by atoms with Crippen LogP contribution in [0.1, 0.15) is 51.4 Å². The summed E-state index contributed by atoms with van der Waals surface area (Å²) >= 11 is 2.12. The smallest absolute Gasteiger partial charge is 0.0697 e. The van der Waals surface area contributed by atoms with Crippen molar-refractivity contribution in [2.75, 3.05) is 18.1 Å². The highest BCUT2D eigenvalue weighted by atomic mass is 32.2. The molecule has 98 valence electrons. The van der Waals surface area contributed by atoms with E-state index in [-0.39, 0.29) is 5.60 Å². The summed E-state index contributed by atoms with van der Waals surface area (Å²) in [5, 5.41) is 3.91. The van der Waals surface area contributed by atoms with Gasteiger partial charge in [-0.1, -0.05) is 12.8 Å². The molecule has 3 heteroatoms. The van der Waals surface area contributed by atoms with Crippen molar-refractivity contribution in [3.63, 3.8) is 0 Å². The van der Waals surface area contributed by atoms with Crippen LogP contribution in [0.2, 0.25) is 0 Å². The van der Waals surface area contributed by atoms with Gasteiger partial charge < -0.3 is 10.1 Å². The molecule has 2 nitrogen and oxygen atoms in total. The Balaban J connectivity index is 1.52. The Morgan fingerprint density at radius 2 is 1.94 bits per heavy atom. The van der Waals surface area contributed by atoms with Crippen molar-refractivity contribution in [2.24, 2.45) is 0 Å². The standard InChI is InChI=1S/C14H25NOS/c1-2-7-14(6-1)10-12(5-8-16-14)15-13-4-3-9-17-11-13/h12-13,15H,1-11H2. The molecule has 2 unspecified atom stereocenters. The number of hydrogen-bond acceptors (Lipinski definition) is 3. The summed E-state index contributed by atoms with van der Waals surface area (Å²) in [5.74, 6) is 2.69. The highest BCUT2D eigenvalue weighted by molar-refractivity contribution is 7.99. The molecule has 0 aromatic carbocycles. The fourth-order valence-corrected chi connectivity index (χ4v) is 4.83. The molecule has 3 rings (SSSR count). The molecule has 2 atom stereocenters. The topological polar surface area (TPSA) is 21.3 Å². The Labute approximate surface area is 109 Å². The van der Waals surface area contributed by atoms with Crippen LogP contribution in [0.3, 0.4) is 0 Å². The quantitative estimate of drug-likeness (QED) is 0.819. The van der Waals surface area contributed by atoms with Crippen LogP contribution >= 0.6 is 11.8 Å². The van der Waals surface area contributed by atoms with Gasteiger partial charge in [0.25, 0.3) is 0 Å². The highest BCUT2D eigenvalue weighted by Crippen LogP contribution is 2.40. The second-order valence-electron chi connectivity index (χ2n) is 6.01. The zero-order chi connectivity index (χ0) is 11.6. The van der Waals surface area contributed by atoms with E-state index in [1.165, 1.54) is 62.9 Å². The summed E-state index contributed by atoms with van der Waals surface area (Å²) in [6.07, 6.45) is 10.7. The second kappa shape index (κ2) is 5.50. The lowest BCUT2D eigenvalue weighted by molar-refractivity contribution is -0.0845. The molecule has 2 aliphatic heterocycles. The Bertz CT molecular complexity index is 247. The fraction of sp³-hybridized carbons (Fsp3) is 1.00. The van der Waals surface area contributed by atoms with Gasteiger partial charge in [-0.3, -0.25) is 0 Å². The van der Waals surface area contributed by atoms with Crippen LogP contribution in [0.25, 0.3) is 0 Å². The van der Waals surface area contributed by atoms with Crippen molar-refractivity contribution in [1.29, 1.82) is 0 Å². The molecule has 0 aromatic rings. The molecular formula is C14H25NOS. The predicted octanol–water partition coefficient (Wildman–Crippen LogP) is 2.96. The Kier molecular flexibility index (Phi) is 3.98. The molecule has 0 bridgehead atoms. The molecule has 2 saturated heterocycles. The highest BCUT2D eigenvalue weighted by Gasteiger charge is 2.40. The van der Waals surface area contributed by atoms with E-state index < -0.39 is 0 Å². The number of rotatable bonds is 2. The van der Waals surface area contributed by atoms with Crippen molar-refractivity contribution in [3.8, 4) is 0 Å². The number of nitrogens with one attached hydrogen (secondary N) is 1. The molecular weight excluding hydrogens is 230 g/mol. The van der Waals surface area contributed by atoms with Gasteiger partial charge in [0.05, 0.1) is 5.60 Å². The van der Waals surface area contributed by atoms with Gasteiger partial charge in [0, 0.05) is 24.4 Å². The lowest BCUT2D eigenvalue weighted by atomic mass is 9.88. The van der Waals surface area contributed by atoms with Gasteiger partial charge in [-0.05, 0) is 44.3 Å². The molecule has 1 spiro atoms. The third-order valence-electron chi connectivity index (χ3n) is 4.64. The monoisotopic (exact) mass is 255 g/mol. The van der Waals surface area contributed by atoms with Gasteiger partial charge in [0.15, 0.2) is 0 Å². The van der Waals surface area contributed by atoms with Gasteiger partial charge in [-0.15, -0.1) is 0 Å². The lowest BCUT2D eigenvalue weighted by Crippen LogP contribution is -2.49.